The van der Waals surface area contributed by atoms with Crippen LogP contribution >= 0.6 is 11.3 Å². The van der Waals surface area contributed by atoms with Crippen molar-refractivity contribution in [2.45, 2.75) is 44.9 Å². The molecular weight excluding hydrogens is 244 g/mol. The summed E-state index contributed by atoms with van der Waals surface area (Å²) in [7, 11) is 0. The van der Waals surface area contributed by atoms with Gasteiger partial charge in [-0.15, -0.1) is 11.3 Å². The van der Waals surface area contributed by atoms with Crippen LogP contribution in [-0.2, 0) is 4.74 Å². The molecular formula is C15H22O2S. The molecule has 1 aliphatic rings. The number of carbonyl (C=O) groups is 1. The molecule has 3 heteroatoms. The third-order valence-electron chi connectivity index (χ3n) is 3.57. The van der Waals surface area contributed by atoms with Crippen molar-refractivity contribution in [3.05, 3.63) is 22.4 Å². The second kappa shape index (κ2) is 7.70. The fourth-order valence-corrected chi connectivity index (χ4v) is 3.19. The quantitative estimate of drug-likeness (QED) is 0.543. The van der Waals surface area contributed by atoms with Crippen molar-refractivity contribution in [3.63, 3.8) is 0 Å². The summed E-state index contributed by atoms with van der Waals surface area (Å²) in [6.45, 7) is 1.63. The largest absolute Gasteiger partial charge is 0.381 e. The third-order valence-corrected chi connectivity index (χ3v) is 4.48. The Morgan fingerprint density at radius 1 is 1.33 bits per heavy atom. The van der Waals surface area contributed by atoms with E-state index in [4.69, 9.17) is 4.74 Å². The van der Waals surface area contributed by atoms with Crippen LogP contribution in [0.1, 0.15) is 54.6 Å². The van der Waals surface area contributed by atoms with E-state index in [1.54, 1.807) is 0 Å². The number of thiophene rings is 1. The summed E-state index contributed by atoms with van der Waals surface area (Å²) in [6.07, 6.45) is 8.25. The number of hydrogen-bond donors (Lipinski definition) is 0. The Kier molecular flexibility index (Phi) is 5.88. The Bertz CT molecular complexity index is 339. The summed E-state index contributed by atoms with van der Waals surface area (Å²) in [6, 6.07) is 3.83. The molecule has 1 aromatic heterocycles. The Morgan fingerprint density at radius 3 is 2.89 bits per heavy atom. The molecule has 0 spiro atoms. The monoisotopic (exact) mass is 266 g/mol. The number of Topliss-reactive ketones (excluding diaryl/α,β-unsaturated/α-hetero) is 1. The molecule has 0 atom stereocenters. The molecule has 0 radical (unpaired) electrons. The third kappa shape index (κ3) is 4.54. The zero-order chi connectivity index (χ0) is 12.6. The van der Waals surface area contributed by atoms with Gasteiger partial charge in [-0.2, -0.15) is 0 Å². The van der Waals surface area contributed by atoms with Gasteiger partial charge in [0.1, 0.15) is 0 Å². The standard InChI is InChI=1S/C15H22O2S/c16-14(15-9-5-11-18-15)8-4-10-17-12-13-6-2-1-3-7-13/h5,9,11,13H,1-4,6-8,10,12H2. The Balaban J connectivity index is 1.52. The zero-order valence-corrected chi connectivity index (χ0v) is 11.7. The van der Waals surface area contributed by atoms with Crippen molar-refractivity contribution in [2.24, 2.45) is 5.92 Å². The van der Waals surface area contributed by atoms with Crippen molar-refractivity contribution >= 4 is 17.1 Å². The van der Waals surface area contributed by atoms with Gasteiger partial charge in [0.05, 0.1) is 4.88 Å². The van der Waals surface area contributed by atoms with Crippen LogP contribution in [0.4, 0.5) is 0 Å². The van der Waals surface area contributed by atoms with Crippen molar-refractivity contribution in [1.82, 2.24) is 0 Å². The lowest BCUT2D eigenvalue weighted by molar-refractivity contribution is 0.0781. The van der Waals surface area contributed by atoms with Crippen molar-refractivity contribution in [1.29, 1.82) is 0 Å². The second-order valence-corrected chi connectivity index (χ2v) is 6.03. The maximum atomic E-state index is 11.7. The van der Waals surface area contributed by atoms with Gasteiger partial charge in [0, 0.05) is 19.6 Å². The van der Waals surface area contributed by atoms with Crippen LogP contribution < -0.4 is 0 Å². The molecule has 1 aromatic rings. The molecule has 0 saturated heterocycles. The van der Waals surface area contributed by atoms with Crippen molar-refractivity contribution < 1.29 is 9.53 Å². The van der Waals surface area contributed by atoms with E-state index in [1.165, 1.54) is 43.4 Å². The summed E-state index contributed by atoms with van der Waals surface area (Å²) in [5.74, 6) is 1.03. The molecule has 1 heterocycles. The van der Waals surface area contributed by atoms with Gasteiger partial charge in [0.15, 0.2) is 5.78 Å². The highest BCUT2D eigenvalue weighted by Gasteiger charge is 2.13. The fourth-order valence-electron chi connectivity index (χ4n) is 2.50. The second-order valence-electron chi connectivity index (χ2n) is 5.08. The van der Waals surface area contributed by atoms with Gasteiger partial charge in [0.2, 0.25) is 0 Å². The minimum Gasteiger partial charge on any atom is -0.381 e. The minimum atomic E-state index is 0.256. The summed E-state index contributed by atoms with van der Waals surface area (Å²) in [5, 5.41) is 1.95. The van der Waals surface area contributed by atoms with Crippen LogP contribution in [0.15, 0.2) is 17.5 Å². The van der Waals surface area contributed by atoms with Gasteiger partial charge in [-0.25, -0.2) is 0 Å². The van der Waals surface area contributed by atoms with Gasteiger partial charge in [0.25, 0.3) is 0 Å². The lowest BCUT2D eigenvalue weighted by atomic mass is 9.90. The highest BCUT2D eigenvalue weighted by Crippen LogP contribution is 2.23. The molecule has 100 valence electrons. The Hall–Kier alpha value is -0.670. The van der Waals surface area contributed by atoms with E-state index in [9.17, 15) is 4.79 Å². The molecule has 1 saturated carbocycles. The summed E-state index contributed by atoms with van der Waals surface area (Å²) in [5.41, 5.74) is 0. The molecule has 0 N–H and O–H groups in total. The number of ether oxygens (including phenoxy) is 1. The van der Waals surface area contributed by atoms with E-state index >= 15 is 0 Å². The fraction of sp³-hybridized carbons (Fsp3) is 0.667. The summed E-state index contributed by atoms with van der Waals surface area (Å²) in [4.78, 5) is 12.6. The molecule has 2 rings (SSSR count). The first-order valence-corrected chi connectivity index (χ1v) is 7.88. The van der Waals surface area contributed by atoms with Crippen LogP contribution in [0.2, 0.25) is 0 Å². The molecule has 2 nitrogen and oxygen atoms in total. The van der Waals surface area contributed by atoms with Crippen LogP contribution in [0.5, 0.6) is 0 Å². The van der Waals surface area contributed by atoms with Gasteiger partial charge in [-0.1, -0.05) is 25.3 Å². The van der Waals surface area contributed by atoms with E-state index in [0.717, 1.165) is 30.4 Å². The molecule has 1 aliphatic carbocycles. The average Bonchev–Trinajstić information content (AvgIpc) is 2.93. The Morgan fingerprint density at radius 2 is 2.17 bits per heavy atom. The average molecular weight is 266 g/mol. The number of carbonyl (C=O) groups excluding carboxylic acids is 1. The SMILES string of the molecule is O=C(CCCOCC1CCCCC1)c1cccs1. The number of ketones is 1. The lowest BCUT2D eigenvalue weighted by Gasteiger charge is -2.21. The first-order chi connectivity index (χ1) is 8.86. The smallest absolute Gasteiger partial charge is 0.172 e. The minimum absolute atomic E-state index is 0.256. The van der Waals surface area contributed by atoms with E-state index in [0.29, 0.717) is 6.42 Å². The molecule has 1 fully saturated rings. The van der Waals surface area contributed by atoms with E-state index in [-0.39, 0.29) is 5.78 Å². The topological polar surface area (TPSA) is 26.3 Å². The van der Waals surface area contributed by atoms with Crippen molar-refractivity contribution in [2.75, 3.05) is 13.2 Å². The molecule has 0 aromatic carbocycles. The highest BCUT2D eigenvalue weighted by molar-refractivity contribution is 7.12. The van der Waals surface area contributed by atoms with E-state index in [1.807, 2.05) is 17.5 Å². The van der Waals surface area contributed by atoms with Gasteiger partial charge < -0.3 is 4.74 Å². The number of hydrogen-bond acceptors (Lipinski definition) is 3. The van der Waals surface area contributed by atoms with Crippen molar-refractivity contribution in [3.8, 4) is 0 Å². The normalized spacial score (nSPS) is 16.9. The molecule has 18 heavy (non-hydrogen) atoms. The van der Waals surface area contributed by atoms with E-state index in [2.05, 4.69) is 0 Å². The van der Waals surface area contributed by atoms with Crippen LogP contribution in [0, 0.1) is 5.92 Å². The predicted octanol–water partition coefficient (Wildman–Crippen LogP) is 4.31. The maximum absolute atomic E-state index is 11.7. The first-order valence-electron chi connectivity index (χ1n) is 7.00. The van der Waals surface area contributed by atoms with Gasteiger partial charge in [-0.3, -0.25) is 4.79 Å². The molecule has 0 aliphatic heterocycles. The summed E-state index contributed by atoms with van der Waals surface area (Å²) < 4.78 is 5.69. The van der Waals surface area contributed by atoms with Crippen LogP contribution in [-0.4, -0.2) is 19.0 Å². The molecule has 0 amide bonds. The Labute approximate surface area is 113 Å². The lowest BCUT2D eigenvalue weighted by Crippen LogP contribution is -2.14. The first kappa shape index (κ1) is 13.8. The number of rotatable bonds is 7. The predicted molar refractivity (Wildman–Crippen MR) is 75.3 cm³/mol. The highest BCUT2D eigenvalue weighted by atomic mass is 32.1. The van der Waals surface area contributed by atoms with Crippen LogP contribution in [0.3, 0.4) is 0 Å². The zero-order valence-electron chi connectivity index (χ0n) is 10.9. The molecule has 0 unspecified atom stereocenters. The maximum Gasteiger partial charge on any atom is 0.172 e. The van der Waals surface area contributed by atoms with Gasteiger partial charge in [-0.05, 0) is 36.6 Å². The molecule has 0 bridgehead atoms. The van der Waals surface area contributed by atoms with Crippen LogP contribution in [0.25, 0.3) is 0 Å². The van der Waals surface area contributed by atoms with Gasteiger partial charge >= 0.3 is 0 Å². The van der Waals surface area contributed by atoms with E-state index < -0.39 is 0 Å². The summed E-state index contributed by atoms with van der Waals surface area (Å²) >= 11 is 1.53.